The highest BCUT2D eigenvalue weighted by Crippen LogP contribution is 2.25. The summed E-state index contributed by atoms with van der Waals surface area (Å²) in [5.41, 5.74) is 2.51. The maximum Gasteiger partial charge on any atom is 0.255 e. The molecular formula is C26H25BrN4O4. The average Bonchev–Trinajstić information content (AvgIpc) is 2.90. The van der Waals surface area contributed by atoms with Gasteiger partial charge < -0.3 is 19.7 Å². The van der Waals surface area contributed by atoms with Gasteiger partial charge in [-0.2, -0.15) is 0 Å². The van der Waals surface area contributed by atoms with Gasteiger partial charge in [0.2, 0.25) is 0 Å². The van der Waals surface area contributed by atoms with Crippen LogP contribution in [0, 0.1) is 5.41 Å². The average molecular weight is 537 g/mol. The highest BCUT2D eigenvalue weighted by molar-refractivity contribution is 9.10. The standard InChI is InChI=1S/C26H25BrN4O4/c1-34-21-8-9-23(22(15-21)24(32)14-20-7-6-19(27)16-29-20)30-26(33)18-4-2-17(3-5-18)25(28)31-10-12-35-13-11-31/h2-9,15-16,28H,10-14H2,1H3,(H,30,33). The molecule has 0 bridgehead atoms. The highest BCUT2D eigenvalue weighted by atomic mass is 79.9. The lowest BCUT2D eigenvalue weighted by atomic mass is 10.0. The number of ketones is 1. The van der Waals surface area contributed by atoms with E-state index >= 15 is 0 Å². The Morgan fingerprint density at radius 3 is 2.46 bits per heavy atom. The minimum atomic E-state index is -0.351. The Bertz CT molecular complexity index is 1220. The molecule has 1 aromatic heterocycles. The predicted octanol–water partition coefficient (Wildman–Crippen LogP) is 4.19. The minimum Gasteiger partial charge on any atom is -0.497 e. The monoisotopic (exact) mass is 536 g/mol. The number of ether oxygens (including phenoxy) is 2. The van der Waals surface area contributed by atoms with Crippen LogP contribution in [0.15, 0.2) is 65.3 Å². The number of pyridine rings is 1. The van der Waals surface area contributed by atoms with Gasteiger partial charge in [0.1, 0.15) is 11.6 Å². The van der Waals surface area contributed by atoms with Crippen LogP contribution >= 0.6 is 15.9 Å². The van der Waals surface area contributed by atoms with Gasteiger partial charge in [-0.15, -0.1) is 0 Å². The maximum absolute atomic E-state index is 13.1. The summed E-state index contributed by atoms with van der Waals surface area (Å²) >= 11 is 3.34. The van der Waals surface area contributed by atoms with Crippen LogP contribution in [0.1, 0.15) is 32.0 Å². The van der Waals surface area contributed by atoms with Gasteiger partial charge in [0.15, 0.2) is 5.78 Å². The van der Waals surface area contributed by atoms with E-state index in [1.807, 2.05) is 11.0 Å². The van der Waals surface area contributed by atoms with Crippen molar-refractivity contribution >= 4 is 39.1 Å². The van der Waals surface area contributed by atoms with Gasteiger partial charge in [-0.1, -0.05) is 12.1 Å². The van der Waals surface area contributed by atoms with E-state index in [2.05, 4.69) is 26.2 Å². The van der Waals surface area contributed by atoms with Crippen LogP contribution in [-0.2, 0) is 11.2 Å². The number of hydrogen-bond acceptors (Lipinski definition) is 6. The Morgan fingerprint density at radius 1 is 1.09 bits per heavy atom. The summed E-state index contributed by atoms with van der Waals surface area (Å²) < 4.78 is 11.5. The summed E-state index contributed by atoms with van der Waals surface area (Å²) in [4.78, 5) is 32.3. The lowest BCUT2D eigenvalue weighted by Gasteiger charge is -2.29. The molecule has 180 valence electrons. The lowest BCUT2D eigenvalue weighted by Crippen LogP contribution is -2.40. The number of carbonyl (C=O) groups excluding carboxylic acids is 2. The van der Waals surface area contributed by atoms with Crippen molar-refractivity contribution in [3.63, 3.8) is 0 Å². The minimum absolute atomic E-state index is 0.0850. The molecule has 0 aliphatic carbocycles. The fourth-order valence-corrected chi connectivity index (χ4v) is 3.94. The van der Waals surface area contributed by atoms with Crippen molar-refractivity contribution in [3.8, 4) is 5.75 Å². The number of nitrogens with zero attached hydrogens (tertiary/aromatic N) is 2. The first-order chi connectivity index (χ1) is 16.9. The van der Waals surface area contributed by atoms with Crippen molar-refractivity contribution in [2.45, 2.75) is 6.42 Å². The largest absolute Gasteiger partial charge is 0.497 e. The van der Waals surface area contributed by atoms with Crippen molar-refractivity contribution in [2.24, 2.45) is 0 Å². The van der Waals surface area contributed by atoms with Crippen LogP contribution in [0.3, 0.4) is 0 Å². The van der Waals surface area contributed by atoms with Crippen molar-refractivity contribution < 1.29 is 19.1 Å². The van der Waals surface area contributed by atoms with Crippen LogP contribution in [0.25, 0.3) is 0 Å². The third kappa shape index (κ3) is 6.12. The first-order valence-electron chi connectivity index (χ1n) is 11.1. The fourth-order valence-electron chi connectivity index (χ4n) is 3.70. The molecule has 1 saturated heterocycles. The smallest absolute Gasteiger partial charge is 0.255 e. The number of morpholine rings is 1. The van der Waals surface area contributed by atoms with Gasteiger partial charge in [0.25, 0.3) is 5.91 Å². The zero-order valence-corrected chi connectivity index (χ0v) is 20.8. The molecule has 1 aliphatic rings. The van der Waals surface area contributed by atoms with Crippen molar-refractivity contribution in [1.29, 1.82) is 5.41 Å². The molecule has 2 aromatic carbocycles. The van der Waals surface area contributed by atoms with Crippen LogP contribution < -0.4 is 10.1 Å². The Labute approximate surface area is 211 Å². The second-order valence-corrected chi connectivity index (χ2v) is 8.87. The second-order valence-electron chi connectivity index (χ2n) is 7.96. The van der Waals surface area contributed by atoms with Crippen LogP contribution in [-0.4, -0.2) is 60.8 Å². The van der Waals surface area contributed by atoms with Crippen molar-refractivity contribution in [3.05, 3.63) is 87.7 Å². The molecule has 2 N–H and O–H groups in total. The van der Waals surface area contributed by atoms with Gasteiger partial charge in [-0.05, 0) is 58.4 Å². The Balaban J connectivity index is 1.49. The van der Waals surface area contributed by atoms with Crippen LogP contribution in [0.2, 0.25) is 0 Å². The number of aromatic nitrogens is 1. The fraction of sp³-hybridized carbons (Fsp3) is 0.231. The van der Waals surface area contributed by atoms with Crippen molar-refractivity contribution in [2.75, 3.05) is 38.7 Å². The van der Waals surface area contributed by atoms with E-state index in [1.54, 1.807) is 54.7 Å². The summed E-state index contributed by atoms with van der Waals surface area (Å²) in [5, 5.41) is 11.3. The molecule has 9 heteroatoms. The van der Waals surface area contributed by atoms with E-state index in [9.17, 15) is 9.59 Å². The predicted molar refractivity (Wildman–Crippen MR) is 137 cm³/mol. The molecule has 0 atom stereocenters. The SMILES string of the molecule is COc1ccc(NC(=O)c2ccc(C(=N)N3CCOCC3)cc2)c(C(=O)Cc2ccc(Br)cn2)c1. The molecule has 1 fully saturated rings. The number of amides is 1. The number of halogens is 1. The van der Waals surface area contributed by atoms with E-state index < -0.39 is 0 Å². The number of nitrogens with one attached hydrogen (secondary N) is 2. The zero-order valence-electron chi connectivity index (χ0n) is 19.2. The molecule has 0 radical (unpaired) electrons. The third-order valence-electron chi connectivity index (χ3n) is 5.65. The molecular weight excluding hydrogens is 512 g/mol. The number of hydrogen-bond donors (Lipinski definition) is 2. The number of amidine groups is 1. The third-order valence-corrected chi connectivity index (χ3v) is 6.12. The number of benzene rings is 2. The highest BCUT2D eigenvalue weighted by Gasteiger charge is 2.18. The Hall–Kier alpha value is -3.56. The molecule has 0 saturated carbocycles. The molecule has 35 heavy (non-hydrogen) atoms. The quantitative estimate of drug-likeness (QED) is 0.266. The van der Waals surface area contributed by atoms with Gasteiger partial charge in [0.05, 0.1) is 32.4 Å². The molecule has 1 aliphatic heterocycles. The van der Waals surface area contributed by atoms with E-state index in [0.29, 0.717) is 60.4 Å². The number of rotatable bonds is 7. The van der Waals surface area contributed by atoms with Crippen LogP contribution in [0.5, 0.6) is 5.75 Å². The van der Waals surface area contributed by atoms with Crippen molar-refractivity contribution in [1.82, 2.24) is 9.88 Å². The van der Waals surface area contributed by atoms with Gasteiger partial charge in [-0.3, -0.25) is 20.0 Å². The maximum atomic E-state index is 13.1. The zero-order chi connectivity index (χ0) is 24.8. The summed E-state index contributed by atoms with van der Waals surface area (Å²) in [7, 11) is 1.52. The second kappa shape index (κ2) is 11.2. The van der Waals surface area contributed by atoms with E-state index in [-0.39, 0.29) is 18.1 Å². The number of anilines is 1. The van der Waals surface area contributed by atoms with Crippen LogP contribution in [0.4, 0.5) is 5.69 Å². The normalized spacial score (nSPS) is 13.3. The molecule has 1 amide bonds. The van der Waals surface area contributed by atoms with Gasteiger partial charge in [0, 0.05) is 46.1 Å². The Morgan fingerprint density at radius 2 is 1.80 bits per heavy atom. The number of methoxy groups -OCH3 is 1. The van der Waals surface area contributed by atoms with E-state index in [1.165, 1.54) is 7.11 Å². The first-order valence-corrected chi connectivity index (χ1v) is 11.9. The molecule has 4 rings (SSSR count). The summed E-state index contributed by atoms with van der Waals surface area (Å²) in [6, 6.07) is 15.4. The van der Waals surface area contributed by atoms with Gasteiger partial charge >= 0.3 is 0 Å². The summed E-state index contributed by atoms with van der Waals surface area (Å²) in [6.45, 7) is 2.55. The topological polar surface area (TPSA) is 105 Å². The molecule has 8 nitrogen and oxygen atoms in total. The first kappa shape index (κ1) is 24.6. The summed E-state index contributed by atoms with van der Waals surface area (Å²) in [6.07, 6.45) is 1.72. The molecule has 0 unspecified atom stereocenters. The summed E-state index contributed by atoms with van der Waals surface area (Å²) in [5.74, 6) is 0.379. The number of carbonyl (C=O) groups is 2. The van der Waals surface area contributed by atoms with E-state index in [4.69, 9.17) is 14.9 Å². The lowest BCUT2D eigenvalue weighted by molar-refractivity contribution is 0.0680. The molecule has 3 aromatic rings. The van der Waals surface area contributed by atoms with Gasteiger partial charge in [-0.25, -0.2) is 0 Å². The molecule has 0 spiro atoms. The Kier molecular flexibility index (Phi) is 7.89. The molecule has 2 heterocycles. The van der Waals surface area contributed by atoms with E-state index in [0.717, 1.165) is 10.0 Å². The number of Topliss-reactive ketones (excluding diaryl/α,β-unsaturated/α-hetero) is 1.